The highest BCUT2D eigenvalue weighted by Gasteiger charge is 2.27. The predicted octanol–water partition coefficient (Wildman–Crippen LogP) is 5.25. The summed E-state index contributed by atoms with van der Waals surface area (Å²) in [6, 6.07) is 11.3. The summed E-state index contributed by atoms with van der Waals surface area (Å²) in [5.41, 5.74) is 1.98. The Hall–Kier alpha value is -2.31. The molecule has 0 bridgehead atoms. The van der Waals surface area contributed by atoms with Crippen molar-refractivity contribution in [2.75, 3.05) is 6.54 Å². The molecule has 0 saturated carbocycles. The lowest BCUT2D eigenvalue weighted by Crippen LogP contribution is -2.45. The normalized spacial score (nSPS) is 15.8. The van der Waals surface area contributed by atoms with Crippen LogP contribution in [-0.2, 0) is 11.4 Å². The van der Waals surface area contributed by atoms with Crippen molar-refractivity contribution >= 4 is 34.9 Å². The summed E-state index contributed by atoms with van der Waals surface area (Å²) in [5, 5.41) is 7.89. The van der Waals surface area contributed by atoms with Crippen LogP contribution in [0.2, 0.25) is 10.0 Å². The molecule has 0 aromatic heterocycles. The number of amides is 2. The van der Waals surface area contributed by atoms with Crippen LogP contribution >= 0.6 is 23.2 Å². The quantitative estimate of drug-likeness (QED) is 0.670. The standard InChI is InChI=1S/C21H22Cl2FN3O2/c1-13(2)25-21(28)27(11-15-5-3-4-6-19(15)24)12-16-10-20(26-29-16)14-7-8-17(22)18(23)9-14/h3-9,13,16H,10-12H2,1-2H3,(H,25,28). The molecule has 0 fully saturated rings. The highest BCUT2D eigenvalue weighted by Crippen LogP contribution is 2.26. The molecule has 154 valence electrons. The number of urea groups is 1. The number of halogens is 3. The Labute approximate surface area is 179 Å². The van der Waals surface area contributed by atoms with Crippen LogP contribution in [-0.4, -0.2) is 35.3 Å². The van der Waals surface area contributed by atoms with Crippen molar-refractivity contribution in [3.05, 3.63) is 69.5 Å². The number of oxime groups is 1. The van der Waals surface area contributed by atoms with Crippen LogP contribution in [0, 0.1) is 5.82 Å². The number of hydrogen-bond donors (Lipinski definition) is 1. The summed E-state index contributed by atoms with van der Waals surface area (Å²) >= 11 is 12.0. The third kappa shape index (κ3) is 5.61. The van der Waals surface area contributed by atoms with Crippen LogP contribution in [0.4, 0.5) is 9.18 Å². The van der Waals surface area contributed by atoms with E-state index in [-0.39, 0.29) is 37.1 Å². The molecular formula is C21H22Cl2FN3O2. The van der Waals surface area contributed by atoms with Gasteiger partial charge in [0.2, 0.25) is 0 Å². The van der Waals surface area contributed by atoms with Crippen molar-refractivity contribution in [1.82, 2.24) is 10.2 Å². The number of carbonyl (C=O) groups excluding carboxylic acids is 1. The van der Waals surface area contributed by atoms with Gasteiger partial charge in [-0.1, -0.05) is 52.6 Å². The van der Waals surface area contributed by atoms with Crippen molar-refractivity contribution in [3.63, 3.8) is 0 Å². The molecule has 0 radical (unpaired) electrons. The Morgan fingerprint density at radius 1 is 1.28 bits per heavy atom. The molecule has 29 heavy (non-hydrogen) atoms. The lowest BCUT2D eigenvalue weighted by Gasteiger charge is -2.26. The molecule has 0 saturated heterocycles. The van der Waals surface area contributed by atoms with Gasteiger partial charge in [-0.3, -0.25) is 0 Å². The van der Waals surface area contributed by atoms with Crippen LogP contribution in [0.3, 0.4) is 0 Å². The minimum atomic E-state index is -0.352. The van der Waals surface area contributed by atoms with Gasteiger partial charge < -0.3 is 15.1 Å². The first-order valence-electron chi connectivity index (χ1n) is 9.30. The van der Waals surface area contributed by atoms with E-state index in [4.69, 9.17) is 28.0 Å². The van der Waals surface area contributed by atoms with Crippen molar-refractivity contribution in [2.24, 2.45) is 5.16 Å². The Morgan fingerprint density at radius 3 is 2.72 bits per heavy atom. The fourth-order valence-corrected chi connectivity index (χ4v) is 3.31. The molecule has 1 aliphatic heterocycles. The SMILES string of the molecule is CC(C)NC(=O)N(Cc1ccccc1F)CC1CC(c2ccc(Cl)c(Cl)c2)=NO1. The molecule has 8 heteroatoms. The number of hydrogen-bond acceptors (Lipinski definition) is 3. The largest absolute Gasteiger partial charge is 0.390 e. The average molecular weight is 438 g/mol. The minimum absolute atomic E-state index is 0.0434. The second kappa shape index (κ2) is 9.46. The van der Waals surface area contributed by atoms with E-state index in [1.165, 1.54) is 11.0 Å². The van der Waals surface area contributed by atoms with E-state index in [0.717, 1.165) is 11.3 Å². The molecule has 0 aliphatic carbocycles. The van der Waals surface area contributed by atoms with E-state index in [2.05, 4.69) is 10.5 Å². The summed E-state index contributed by atoms with van der Waals surface area (Å²) in [7, 11) is 0. The summed E-state index contributed by atoms with van der Waals surface area (Å²) < 4.78 is 14.1. The number of rotatable bonds is 6. The summed E-state index contributed by atoms with van der Waals surface area (Å²) in [5.74, 6) is -0.352. The number of nitrogens with zero attached hydrogens (tertiary/aromatic N) is 2. The molecule has 3 rings (SSSR count). The van der Waals surface area contributed by atoms with Gasteiger partial charge in [0.25, 0.3) is 0 Å². The molecule has 1 N–H and O–H groups in total. The fraction of sp³-hybridized carbons (Fsp3) is 0.333. The van der Waals surface area contributed by atoms with Crippen LogP contribution < -0.4 is 5.32 Å². The first-order valence-corrected chi connectivity index (χ1v) is 10.1. The molecule has 5 nitrogen and oxygen atoms in total. The fourth-order valence-electron chi connectivity index (χ4n) is 3.01. The second-order valence-electron chi connectivity index (χ2n) is 7.17. The Balaban J connectivity index is 1.70. The van der Waals surface area contributed by atoms with E-state index in [1.807, 2.05) is 19.9 Å². The van der Waals surface area contributed by atoms with E-state index in [0.29, 0.717) is 22.0 Å². The molecular weight excluding hydrogens is 416 g/mol. The average Bonchev–Trinajstić information content (AvgIpc) is 3.13. The lowest BCUT2D eigenvalue weighted by atomic mass is 10.0. The molecule has 2 amide bonds. The van der Waals surface area contributed by atoms with Gasteiger partial charge in [0.15, 0.2) is 6.10 Å². The van der Waals surface area contributed by atoms with Crippen LogP contribution in [0.5, 0.6) is 0 Å². The van der Waals surface area contributed by atoms with Crippen LogP contribution in [0.1, 0.15) is 31.4 Å². The number of nitrogens with one attached hydrogen (secondary N) is 1. The number of carbonyl (C=O) groups is 1. The van der Waals surface area contributed by atoms with Gasteiger partial charge in [-0.2, -0.15) is 0 Å². The maximum absolute atomic E-state index is 14.1. The smallest absolute Gasteiger partial charge is 0.318 e. The van der Waals surface area contributed by atoms with Gasteiger partial charge in [-0.05, 0) is 32.0 Å². The van der Waals surface area contributed by atoms with Crippen LogP contribution in [0.15, 0.2) is 47.6 Å². The Kier molecular flexibility index (Phi) is 6.98. The van der Waals surface area contributed by atoms with Gasteiger partial charge in [-0.25, -0.2) is 9.18 Å². The predicted molar refractivity (Wildman–Crippen MR) is 113 cm³/mol. The van der Waals surface area contributed by atoms with E-state index < -0.39 is 0 Å². The maximum Gasteiger partial charge on any atom is 0.318 e. The van der Waals surface area contributed by atoms with Gasteiger partial charge in [0, 0.05) is 23.6 Å². The van der Waals surface area contributed by atoms with E-state index >= 15 is 0 Å². The maximum atomic E-state index is 14.1. The Morgan fingerprint density at radius 2 is 2.03 bits per heavy atom. The van der Waals surface area contributed by atoms with Gasteiger partial charge in [0.05, 0.1) is 28.8 Å². The summed E-state index contributed by atoms with van der Waals surface area (Å²) in [6.45, 7) is 4.14. The summed E-state index contributed by atoms with van der Waals surface area (Å²) in [4.78, 5) is 19.7. The molecule has 1 atom stereocenters. The molecule has 0 spiro atoms. The van der Waals surface area contributed by atoms with Gasteiger partial charge in [-0.15, -0.1) is 0 Å². The zero-order chi connectivity index (χ0) is 21.0. The highest BCUT2D eigenvalue weighted by molar-refractivity contribution is 6.42. The topological polar surface area (TPSA) is 53.9 Å². The van der Waals surface area contributed by atoms with E-state index in [1.54, 1.807) is 30.3 Å². The molecule has 1 unspecified atom stereocenters. The molecule has 2 aromatic rings. The van der Waals surface area contributed by atoms with Crippen molar-refractivity contribution < 1.29 is 14.0 Å². The third-order valence-corrected chi connectivity index (χ3v) is 5.17. The van der Waals surface area contributed by atoms with Crippen molar-refractivity contribution in [2.45, 2.75) is 39.0 Å². The molecule has 1 heterocycles. The zero-order valence-corrected chi connectivity index (χ0v) is 17.7. The lowest BCUT2D eigenvalue weighted by molar-refractivity contribution is 0.0584. The Bertz CT molecular complexity index is 921. The molecule has 1 aliphatic rings. The van der Waals surface area contributed by atoms with E-state index in [9.17, 15) is 9.18 Å². The highest BCUT2D eigenvalue weighted by atomic mass is 35.5. The third-order valence-electron chi connectivity index (χ3n) is 4.43. The van der Waals surface area contributed by atoms with Gasteiger partial charge >= 0.3 is 6.03 Å². The van der Waals surface area contributed by atoms with Gasteiger partial charge in [0.1, 0.15) is 5.82 Å². The minimum Gasteiger partial charge on any atom is -0.390 e. The zero-order valence-electron chi connectivity index (χ0n) is 16.2. The molecule has 2 aromatic carbocycles. The second-order valence-corrected chi connectivity index (χ2v) is 7.99. The monoisotopic (exact) mass is 437 g/mol. The first-order chi connectivity index (χ1) is 13.8. The first kappa shape index (κ1) is 21.4. The number of benzene rings is 2. The van der Waals surface area contributed by atoms with Crippen molar-refractivity contribution in [1.29, 1.82) is 0 Å². The van der Waals surface area contributed by atoms with Crippen LogP contribution in [0.25, 0.3) is 0 Å². The summed E-state index contributed by atoms with van der Waals surface area (Å²) in [6.07, 6.45) is 0.157. The van der Waals surface area contributed by atoms with Crippen molar-refractivity contribution in [3.8, 4) is 0 Å².